The van der Waals surface area contributed by atoms with Gasteiger partial charge in [-0.2, -0.15) is 0 Å². The van der Waals surface area contributed by atoms with Gasteiger partial charge in [0.05, 0.1) is 0 Å². The third kappa shape index (κ3) is 10.9. The van der Waals surface area contributed by atoms with Gasteiger partial charge in [0.25, 0.3) is 0 Å². The van der Waals surface area contributed by atoms with Crippen molar-refractivity contribution in [1.29, 1.82) is 0 Å². The second-order valence-electron chi connectivity index (χ2n) is 6.88. The molecule has 0 amide bonds. The quantitative estimate of drug-likeness (QED) is 0.366. The minimum Gasteiger partial charge on any atom is -0.315 e. The van der Waals surface area contributed by atoms with Gasteiger partial charge in [0.2, 0.25) is 0 Å². The van der Waals surface area contributed by atoms with Crippen LogP contribution in [-0.4, -0.2) is 65.4 Å². The van der Waals surface area contributed by atoms with Crippen LogP contribution in [-0.2, 0) is 13.1 Å². The van der Waals surface area contributed by atoms with E-state index in [4.69, 9.17) is 0 Å². The van der Waals surface area contributed by atoms with E-state index in [2.05, 4.69) is 56.2 Å². The fourth-order valence-corrected chi connectivity index (χ4v) is 2.95. The molecule has 0 aromatic heterocycles. The van der Waals surface area contributed by atoms with Gasteiger partial charge in [0.15, 0.2) is 0 Å². The highest BCUT2D eigenvalue weighted by Gasteiger charge is 1.97. The molecule has 6 nitrogen and oxygen atoms in total. The summed E-state index contributed by atoms with van der Waals surface area (Å²) in [7, 11) is 0. The van der Waals surface area contributed by atoms with Gasteiger partial charge < -0.3 is 31.9 Å². The van der Waals surface area contributed by atoms with Gasteiger partial charge in [0.1, 0.15) is 0 Å². The van der Waals surface area contributed by atoms with Crippen LogP contribution in [0.15, 0.2) is 24.3 Å². The zero-order valence-electron chi connectivity index (χ0n) is 16.2. The molecule has 0 saturated heterocycles. The number of rotatable bonds is 0. The van der Waals surface area contributed by atoms with Crippen molar-refractivity contribution < 1.29 is 0 Å². The Bertz CT molecular complexity index is 395. The third-order valence-corrected chi connectivity index (χ3v) is 4.53. The van der Waals surface area contributed by atoms with Gasteiger partial charge in [-0.3, -0.25) is 0 Å². The Kier molecular flexibility index (Phi) is 12.3. The van der Waals surface area contributed by atoms with Gasteiger partial charge >= 0.3 is 0 Å². The van der Waals surface area contributed by atoms with Crippen LogP contribution in [0.3, 0.4) is 0 Å². The maximum atomic E-state index is 3.53. The van der Waals surface area contributed by atoms with Crippen LogP contribution < -0.4 is 31.9 Å². The Morgan fingerprint density at radius 2 is 0.692 bits per heavy atom. The van der Waals surface area contributed by atoms with Gasteiger partial charge in [0, 0.05) is 52.4 Å². The maximum Gasteiger partial charge on any atom is 0.0205 e. The standard InChI is InChI=1S/C20H38N6/c1-7-21-11-13-23-15-16-24-14-12-22-8-2-10-26-18-20-5-3-19(4-6-20)17-25-9-1/h3-6,21-26H,1-2,7-18H2. The molecule has 0 spiro atoms. The second kappa shape index (κ2) is 15.1. The first-order valence-electron chi connectivity index (χ1n) is 10.3. The smallest absolute Gasteiger partial charge is 0.0205 e. The normalized spacial score (nSPS) is 21.1. The Labute approximate surface area is 159 Å². The van der Waals surface area contributed by atoms with Crippen LogP contribution in [0.2, 0.25) is 0 Å². The van der Waals surface area contributed by atoms with Crippen molar-refractivity contribution in [2.75, 3.05) is 65.4 Å². The summed E-state index contributed by atoms with van der Waals surface area (Å²) in [5.74, 6) is 0. The molecule has 148 valence electrons. The molecule has 0 fully saturated rings. The first-order chi connectivity index (χ1) is 12.9. The molecule has 6 heteroatoms. The number of fused-ring (bicyclic) bond motifs is 21. The Morgan fingerprint density at radius 1 is 0.385 bits per heavy atom. The molecule has 2 bridgehead atoms. The van der Waals surface area contributed by atoms with E-state index in [9.17, 15) is 0 Å². The molecule has 26 heavy (non-hydrogen) atoms. The van der Waals surface area contributed by atoms with Crippen molar-refractivity contribution >= 4 is 0 Å². The lowest BCUT2D eigenvalue weighted by molar-refractivity contribution is 0.546. The lowest BCUT2D eigenvalue weighted by Crippen LogP contribution is -2.35. The highest BCUT2D eigenvalue weighted by molar-refractivity contribution is 5.22. The molecule has 3 rings (SSSR count). The van der Waals surface area contributed by atoms with E-state index in [-0.39, 0.29) is 0 Å². The molecule has 1 aromatic carbocycles. The molecule has 2 aliphatic rings. The summed E-state index contributed by atoms with van der Waals surface area (Å²) in [4.78, 5) is 0. The molecular weight excluding hydrogens is 324 g/mol. The van der Waals surface area contributed by atoms with Crippen molar-refractivity contribution in [3.63, 3.8) is 0 Å². The summed E-state index contributed by atoms with van der Waals surface area (Å²) in [6, 6.07) is 8.95. The molecule has 0 atom stereocenters. The Balaban J connectivity index is 1.66. The van der Waals surface area contributed by atoms with Crippen LogP contribution in [0.1, 0.15) is 24.0 Å². The van der Waals surface area contributed by atoms with Crippen molar-refractivity contribution in [3.05, 3.63) is 35.4 Å². The van der Waals surface area contributed by atoms with Crippen LogP contribution in [0.4, 0.5) is 0 Å². The number of nitrogens with one attached hydrogen (secondary N) is 6. The van der Waals surface area contributed by atoms with Crippen LogP contribution in [0.25, 0.3) is 0 Å². The summed E-state index contributed by atoms with van der Waals surface area (Å²) in [6.07, 6.45) is 2.33. The van der Waals surface area contributed by atoms with Gasteiger partial charge in [-0.15, -0.1) is 0 Å². The van der Waals surface area contributed by atoms with E-state index < -0.39 is 0 Å². The average molecular weight is 363 g/mol. The van der Waals surface area contributed by atoms with Crippen molar-refractivity contribution in [3.8, 4) is 0 Å². The topological polar surface area (TPSA) is 72.2 Å². The first-order valence-corrected chi connectivity index (χ1v) is 10.3. The highest BCUT2D eigenvalue weighted by Crippen LogP contribution is 2.04. The minimum atomic E-state index is 0.952. The predicted octanol–water partition coefficient (Wildman–Crippen LogP) is 0.0180. The zero-order valence-corrected chi connectivity index (χ0v) is 16.2. The molecule has 0 radical (unpaired) electrons. The van der Waals surface area contributed by atoms with Gasteiger partial charge in [-0.05, 0) is 50.1 Å². The second-order valence-corrected chi connectivity index (χ2v) is 6.88. The van der Waals surface area contributed by atoms with E-state index >= 15 is 0 Å². The van der Waals surface area contributed by atoms with Crippen molar-refractivity contribution in [2.45, 2.75) is 25.9 Å². The fourth-order valence-electron chi connectivity index (χ4n) is 2.95. The van der Waals surface area contributed by atoms with E-state index in [1.54, 1.807) is 0 Å². The van der Waals surface area contributed by atoms with Crippen molar-refractivity contribution in [1.82, 2.24) is 31.9 Å². The monoisotopic (exact) mass is 362 g/mol. The third-order valence-electron chi connectivity index (χ3n) is 4.53. The van der Waals surface area contributed by atoms with E-state index in [1.807, 2.05) is 0 Å². The Hall–Kier alpha value is -1.02. The lowest BCUT2D eigenvalue weighted by Gasteiger charge is -2.10. The fraction of sp³-hybridized carbons (Fsp3) is 0.700. The molecular formula is C20H38N6. The SMILES string of the molecule is c1cc2ccc1CNCCCNCCNCCNCCNCCCNC2. The molecule has 6 N–H and O–H groups in total. The Morgan fingerprint density at radius 3 is 1.08 bits per heavy atom. The van der Waals surface area contributed by atoms with E-state index in [1.165, 1.54) is 11.1 Å². The summed E-state index contributed by atoms with van der Waals surface area (Å²) in [5, 5.41) is 21.0. The lowest BCUT2D eigenvalue weighted by atomic mass is 10.1. The first kappa shape index (κ1) is 21.3. The van der Waals surface area contributed by atoms with Crippen LogP contribution in [0.5, 0.6) is 0 Å². The maximum absolute atomic E-state index is 3.53. The molecule has 0 unspecified atom stereocenters. The minimum absolute atomic E-state index is 0.952. The van der Waals surface area contributed by atoms with Crippen molar-refractivity contribution in [2.24, 2.45) is 0 Å². The predicted molar refractivity (Wildman–Crippen MR) is 111 cm³/mol. The largest absolute Gasteiger partial charge is 0.315 e. The number of benzene rings is 1. The summed E-state index contributed by atoms with van der Waals surface area (Å²) in [5.41, 5.74) is 2.72. The highest BCUT2D eigenvalue weighted by atomic mass is 15.0. The summed E-state index contributed by atoms with van der Waals surface area (Å²) >= 11 is 0. The van der Waals surface area contributed by atoms with Gasteiger partial charge in [-0.1, -0.05) is 24.3 Å². The zero-order chi connectivity index (χ0) is 18.1. The van der Waals surface area contributed by atoms with Crippen LogP contribution >= 0.6 is 0 Å². The number of hydrogen-bond acceptors (Lipinski definition) is 6. The van der Waals surface area contributed by atoms with Gasteiger partial charge in [-0.25, -0.2) is 0 Å². The molecule has 0 saturated carbocycles. The average Bonchev–Trinajstić information content (AvgIpc) is 2.67. The van der Waals surface area contributed by atoms with E-state index in [0.717, 1.165) is 91.4 Å². The molecule has 2 heterocycles. The molecule has 0 aliphatic carbocycles. The number of hydrogen-bond donors (Lipinski definition) is 6. The molecule has 1 aromatic rings. The summed E-state index contributed by atoms with van der Waals surface area (Å²) < 4.78 is 0. The van der Waals surface area contributed by atoms with Crippen LogP contribution in [0, 0.1) is 0 Å². The molecule has 2 aliphatic heterocycles. The van der Waals surface area contributed by atoms with E-state index in [0.29, 0.717) is 0 Å². The summed E-state index contributed by atoms with van der Waals surface area (Å²) in [6.45, 7) is 12.4.